The number of anilines is 1. The number of rotatable bonds is 8. The number of fused-ring (bicyclic) bond motifs is 1. The molecule has 11 nitrogen and oxygen atoms in total. The number of amides is 2. The number of carbonyl (C=O) groups excluding carboxylic acids is 3. The molecule has 0 unspecified atom stereocenters. The van der Waals surface area contributed by atoms with Gasteiger partial charge in [-0.3, -0.25) is 13.9 Å². The molecule has 4 aromatic rings. The van der Waals surface area contributed by atoms with E-state index in [-0.39, 0.29) is 66.5 Å². The van der Waals surface area contributed by atoms with Crippen molar-refractivity contribution in [3.8, 4) is 28.5 Å². The van der Waals surface area contributed by atoms with Gasteiger partial charge in [0.1, 0.15) is 28.8 Å². The molecule has 1 fully saturated rings. The lowest BCUT2D eigenvalue weighted by molar-refractivity contribution is 0.00926. The number of hydrogen-bond donors (Lipinski definition) is 0. The first-order chi connectivity index (χ1) is 23.6. The molecule has 0 saturated carbocycles. The molecule has 13 heteroatoms. The maximum atomic E-state index is 13.9. The van der Waals surface area contributed by atoms with E-state index in [1.807, 2.05) is 0 Å². The molecule has 1 saturated heterocycles. The lowest BCUT2D eigenvalue weighted by atomic mass is 9.95. The summed E-state index contributed by atoms with van der Waals surface area (Å²) in [5.74, 6) is -0.891. The Hall–Kier alpha value is -5.22. The Morgan fingerprint density at radius 2 is 1.74 bits per heavy atom. The second-order valence-electron chi connectivity index (χ2n) is 13.0. The van der Waals surface area contributed by atoms with Crippen molar-refractivity contribution in [1.82, 2.24) is 9.80 Å². The minimum Gasteiger partial charge on any atom is -0.455 e. The molecule has 50 heavy (non-hydrogen) atoms. The minimum absolute atomic E-state index is 0.0252. The molecule has 0 bridgehead atoms. The minimum atomic E-state index is -3.80. The molecular weight excluding hydrogens is 663 g/mol. The van der Waals surface area contributed by atoms with Crippen molar-refractivity contribution in [2.24, 2.45) is 0 Å². The zero-order chi connectivity index (χ0) is 36.5. The molecule has 0 radical (unpaired) electrons. The molecule has 3 aromatic carbocycles. The van der Waals surface area contributed by atoms with Crippen LogP contribution in [-0.4, -0.2) is 80.1 Å². The Morgan fingerprint density at radius 3 is 2.34 bits per heavy atom. The fourth-order valence-electron chi connectivity index (χ4n) is 6.03. The van der Waals surface area contributed by atoms with E-state index in [2.05, 4.69) is 6.07 Å². The zero-order valence-electron chi connectivity index (χ0n) is 28.8. The summed E-state index contributed by atoms with van der Waals surface area (Å²) in [4.78, 5) is 42.8. The molecule has 1 aliphatic rings. The Labute approximate surface area is 290 Å². The number of carbonyl (C=O) groups is 3. The predicted octanol–water partition coefficient (Wildman–Crippen LogP) is 6.87. The number of halogens is 1. The standard InChI is InChI=1S/C37H39FN4O7S/c1-7-31(43)33-29-19-28(30(42(8-2)50(6,46)47)20-32(29)48-34(33)23-12-14-26(38)15-13-23)24-10-9-11-25(18-24)35(44)41-17-16-40(22-27(41)21-39)36(45)49-37(3,4)5/h9-15,18-20,27H,7-8,16-17,22H2,1-6H3/t27-/m0/s1. The van der Waals surface area contributed by atoms with Crippen LogP contribution in [0.25, 0.3) is 33.4 Å². The summed E-state index contributed by atoms with van der Waals surface area (Å²) in [6.07, 6.45) is 0.667. The smallest absolute Gasteiger partial charge is 0.410 e. The van der Waals surface area contributed by atoms with Gasteiger partial charge in [0, 0.05) is 54.2 Å². The van der Waals surface area contributed by atoms with Crippen LogP contribution in [0.15, 0.2) is 65.1 Å². The number of Topliss-reactive ketones (excluding diaryl/α,β-unsaturated/α-hetero) is 1. The van der Waals surface area contributed by atoms with Gasteiger partial charge in [-0.2, -0.15) is 5.26 Å². The average Bonchev–Trinajstić information content (AvgIpc) is 3.44. The van der Waals surface area contributed by atoms with E-state index in [9.17, 15) is 32.5 Å². The SMILES string of the molecule is CCC(=O)c1c(-c2ccc(F)cc2)oc2cc(N(CC)S(C)(=O)=O)c(-c3cccc(C(=O)N4CCN(C(=O)OC(C)(C)C)C[C@@H]4C#N)c3)cc12. The van der Waals surface area contributed by atoms with Gasteiger partial charge < -0.3 is 19.0 Å². The maximum Gasteiger partial charge on any atom is 0.410 e. The van der Waals surface area contributed by atoms with Crippen molar-refractivity contribution >= 4 is 44.5 Å². The first-order valence-electron chi connectivity index (χ1n) is 16.2. The Balaban J connectivity index is 1.62. The van der Waals surface area contributed by atoms with E-state index in [4.69, 9.17) is 9.15 Å². The molecule has 2 heterocycles. The van der Waals surface area contributed by atoms with Crippen LogP contribution in [0, 0.1) is 17.1 Å². The third-order valence-electron chi connectivity index (χ3n) is 8.33. The fraction of sp³-hybridized carbons (Fsp3) is 0.351. The van der Waals surface area contributed by atoms with Crippen LogP contribution in [0.1, 0.15) is 61.8 Å². The molecule has 2 amide bonds. The highest BCUT2D eigenvalue weighted by Crippen LogP contribution is 2.42. The van der Waals surface area contributed by atoms with Gasteiger partial charge in [0.2, 0.25) is 10.0 Å². The van der Waals surface area contributed by atoms with E-state index in [0.29, 0.717) is 22.1 Å². The lowest BCUT2D eigenvalue weighted by Gasteiger charge is -2.38. The van der Waals surface area contributed by atoms with E-state index in [1.165, 1.54) is 38.4 Å². The Bertz CT molecular complexity index is 2110. The molecular formula is C37H39FN4O7S. The summed E-state index contributed by atoms with van der Waals surface area (Å²) in [5, 5.41) is 10.4. The first kappa shape index (κ1) is 36.1. The van der Waals surface area contributed by atoms with Crippen molar-refractivity contribution in [2.75, 3.05) is 36.7 Å². The molecule has 0 N–H and O–H groups in total. The fourth-order valence-corrected chi connectivity index (χ4v) is 7.00. The predicted molar refractivity (Wildman–Crippen MR) is 188 cm³/mol. The Morgan fingerprint density at radius 1 is 1.04 bits per heavy atom. The average molecular weight is 703 g/mol. The van der Waals surface area contributed by atoms with Crippen molar-refractivity contribution in [3.63, 3.8) is 0 Å². The molecule has 1 aliphatic heterocycles. The summed E-state index contributed by atoms with van der Waals surface area (Å²) in [6.45, 7) is 8.96. The second-order valence-corrected chi connectivity index (χ2v) is 14.9. The highest BCUT2D eigenvalue weighted by Gasteiger charge is 2.35. The van der Waals surface area contributed by atoms with E-state index < -0.39 is 39.5 Å². The van der Waals surface area contributed by atoms with Crippen LogP contribution in [0.4, 0.5) is 14.9 Å². The van der Waals surface area contributed by atoms with Gasteiger partial charge in [-0.15, -0.1) is 0 Å². The lowest BCUT2D eigenvalue weighted by Crippen LogP contribution is -2.56. The van der Waals surface area contributed by atoms with Crippen molar-refractivity contribution < 1.29 is 36.3 Å². The van der Waals surface area contributed by atoms with Crippen LogP contribution in [0.5, 0.6) is 0 Å². The summed E-state index contributed by atoms with van der Waals surface area (Å²) in [6, 6.07) is 16.6. The number of piperazine rings is 1. The molecule has 5 rings (SSSR count). The number of ether oxygens (including phenoxy) is 1. The monoisotopic (exact) mass is 702 g/mol. The van der Waals surface area contributed by atoms with E-state index in [1.54, 1.807) is 71.0 Å². The summed E-state index contributed by atoms with van der Waals surface area (Å²) < 4.78 is 52.8. The largest absolute Gasteiger partial charge is 0.455 e. The van der Waals surface area contributed by atoms with Gasteiger partial charge in [0.05, 0.1) is 30.1 Å². The zero-order valence-corrected chi connectivity index (χ0v) is 29.6. The highest BCUT2D eigenvalue weighted by atomic mass is 32.2. The Kier molecular flexibility index (Phi) is 10.1. The van der Waals surface area contributed by atoms with Crippen molar-refractivity contribution in [1.29, 1.82) is 5.26 Å². The van der Waals surface area contributed by atoms with E-state index >= 15 is 0 Å². The number of furan rings is 1. The maximum absolute atomic E-state index is 13.9. The topological polar surface area (TPSA) is 141 Å². The molecule has 262 valence electrons. The third kappa shape index (κ3) is 7.35. The second kappa shape index (κ2) is 14.0. The third-order valence-corrected chi connectivity index (χ3v) is 9.59. The van der Waals surface area contributed by atoms with Crippen molar-refractivity contribution in [3.05, 3.63) is 77.6 Å². The van der Waals surface area contributed by atoms with Crippen LogP contribution in [0.2, 0.25) is 0 Å². The summed E-state index contributed by atoms with van der Waals surface area (Å²) in [7, 11) is -3.80. The number of nitriles is 1. The number of benzene rings is 3. The number of nitrogens with zero attached hydrogens (tertiary/aromatic N) is 4. The highest BCUT2D eigenvalue weighted by molar-refractivity contribution is 7.92. The first-order valence-corrected chi connectivity index (χ1v) is 18.1. The van der Waals surface area contributed by atoms with Crippen LogP contribution < -0.4 is 4.31 Å². The van der Waals surface area contributed by atoms with Gasteiger partial charge in [0.15, 0.2) is 5.78 Å². The van der Waals surface area contributed by atoms with Crippen LogP contribution in [0.3, 0.4) is 0 Å². The van der Waals surface area contributed by atoms with E-state index in [0.717, 1.165) is 6.26 Å². The molecule has 0 spiro atoms. The normalized spacial score (nSPS) is 15.1. The summed E-state index contributed by atoms with van der Waals surface area (Å²) >= 11 is 0. The van der Waals surface area contributed by atoms with Gasteiger partial charge in [0.25, 0.3) is 5.91 Å². The van der Waals surface area contributed by atoms with Crippen LogP contribution >= 0.6 is 0 Å². The molecule has 1 aromatic heterocycles. The van der Waals surface area contributed by atoms with Crippen LogP contribution in [-0.2, 0) is 14.8 Å². The van der Waals surface area contributed by atoms with Gasteiger partial charge in [-0.05, 0) is 75.7 Å². The molecule has 1 atom stereocenters. The summed E-state index contributed by atoms with van der Waals surface area (Å²) in [5.41, 5.74) is 1.70. The van der Waals surface area contributed by atoms with Crippen molar-refractivity contribution in [2.45, 2.75) is 52.7 Å². The van der Waals surface area contributed by atoms with Gasteiger partial charge in [-0.25, -0.2) is 17.6 Å². The van der Waals surface area contributed by atoms with Gasteiger partial charge >= 0.3 is 6.09 Å². The molecule has 0 aliphatic carbocycles. The number of hydrogen-bond acceptors (Lipinski definition) is 8. The quantitative estimate of drug-likeness (QED) is 0.181. The number of sulfonamides is 1. The number of ketones is 1. The van der Waals surface area contributed by atoms with Gasteiger partial charge in [-0.1, -0.05) is 19.1 Å².